The highest BCUT2D eigenvalue weighted by atomic mass is 32.2. The zero-order valence-electron chi connectivity index (χ0n) is 12.8. The van der Waals surface area contributed by atoms with Crippen molar-refractivity contribution in [3.63, 3.8) is 0 Å². The van der Waals surface area contributed by atoms with Crippen molar-refractivity contribution in [1.82, 2.24) is 15.0 Å². The van der Waals surface area contributed by atoms with Crippen LogP contribution in [0.2, 0.25) is 0 Å². The highest BCUT2D eigenvalue weighted by Crippen LogP contribution is 2.18. The molecule has 0 saturated carbocycles. The van der Waals surface area contributed by atoms with Crippen LogP contribution in [-0.2, 0) is 4.74 Å². The Kier molecular flexibility index (Phi) is 8.29. The molecule has 1 N–H and O–H groups in total. The third kappa shape index (κ3) is 5.50. The first-order valence-corrected chi connectivity index (χ1v) is 8.10. The van der Waals surface area contributed by atoms with Crippen molar-refractivity contribution in [3.8, 4) is 0 Å². The molecular formula is C13H25N5OS. The number of rotatable bonds is 10. The third-order valence-corrected chi connectivity index (χ3v) is 3.51. The van der Waals surface area contributed by atoms with E-state index in [-0.39, 0.29) is 0 Å². The number of ether oxygens (including phenoxy) is 1. The number of hydrogen-bond acceptors (Lipinski definition) is 7. The maximum Gasteiger partial charge on any atom is 0.231 e. The van der Waals surface area contributed by atoms with Gasteiger partial charge in [0.05, 0.1) is 6.61 Å². The topological polar surface area (TPSA) is 63.2 Å². The van der Waals surface area contributed by atoms with Gasteiger partial charge in [0.25, 0.3) is 0 Å². The summed E-state index contributed by atoms with van der Waals surface area (Å²) in [6, 6.07) is 0. The van der Waals surface area contributed by atoms with Crippen LogP contribution in [0.1, 0.15) is 27.2 Å². The van der Waals surface area contributed by atoms with Gasteiger partial charge in [-0.1, -0.05) is 18.7 Å². The number of nitrogens with zero attached hydrogens (tertiary/aromatic N) is 4. The Balaban J connectivity index is 2.88. The van der Waals surface area contributed by atoms with E-state index in [1.807, 2.05) is 0 Å². The van der Waals surface area contributed by atoms with E-state index in [0.29, 0.717) is 12.6 Å². The van der Waals surface area contributed by atoms with Gasteiger partial charge in [0.15, 0.2) is 5.16 Å². The van der Waals surface area contributed by atoms with E-state index in [2.05, 4.69) is 45.9 Å². The molecule has 0 spiro atoms. The molecule has 0 aromatic carbocycles. The minimum Gasteiger partial charge on any atom is -0.384 e. The molecule has 0 amide bonds. The maximum absolute atomic E-state index is 5.06. The predicted molar refractivity (Wildman–Crippen MR) is 84.8 cm³/mol. The standard InChI is InChI=1S/C13H25N5OS/c1-5-8-14-11-15-12(18(6-2)7-3)17-13(16-11)20-10-9-19-4/h5-10H2,1-4H3,(H,14,15,16,17). The zero-order chi connectivity index (χ0) is 14.8. The minimum absolute atomic E-state index is 0.656. The van der Waals surface area contributed by atoms with Crippen LogP contribution in [0.3, 0.4) is 0 Å². The molecule has 1 aromatic heterocycles. The summed E-state index contributed by atoms with van der Waals surface area (Å²) in [6.45, 7) is 9.65. The van der Waals surface area contributed by atoms with Crippen LogP contribution in [0.15, 0.2) is 5.16 Å². The molecule has 0 aliphatic heterocycles. The van der Waals surface area contributed by atoms with Gasteiger partial charge in [0, 0.05) is 32.5 Å². The second kappa shape index (κ2) is 9.77. The van der Waals surface area contributed by atoms with Gasteiger partial charge in [-0.2, -0.15) is 15.0 Å². The molecule has 1 rings (SSSR count). The lowest BCUT2D eigenvalue weighted by atomic mass is 10.5. The molecule has 20 heavy (non-hydrogen) atoms. The van der Waals surface area contributed by atoms with Crippen LogP contribution in [0.5, 0.6) is 0 Å². The summed E-state index contributed by atoms with van der Waals surface area (Å²) < 4.78 is 5.06. The number of nitrogens with one attached hydrogen (secondary N) is 1. The normalized spacial score (nSPS) is 10.6. The molecule has 0 saturated heterocycles. The predicted octanol–water partition coefficient (Wildman–Crippen LogP) is 2.28. The molecule has 0 unspecified atom stereocenters. The van der Waals surface area contributed by atoms with E-state index in [1.165, 1.54) is 0 Å². The number of hydrogen-bond donors (Lipinski definition) is 1. The lowest BCUT2D eigenvalue weighted by Crippen LogP contribution is -2.25. The first-order chi connectivity index (χ1) is 9.74. The minimum atomic E-state index is 0.656. The van der Waals surface area contributed by atoms with Crippen molar-refractivity contribution in [2.24, 2.45) is 0 Å². The molecule has 6 nitrogen and oxygen atoms in total. The number of thioether (sulfide) groups is 1. The summed E-state index contributed by atoms with van der Waals surface area (Å²) in [4.78, 5) is 15.6. The van der Waals surface area contributed by atoms with E-state index < -0.39 is 0 Å². The van der Waals surface area contributed by atoms with Crippen molar-refractivity contribution in [2.75, 3.05) is 49.3 Å². The smallest absolute Gasteiger partial charge is 0.231 e. The van der Waals surface area contributed by atoms with Gasteiger partial charge in [-0.25, -0.2) is 0 Å². The van der Waals surface area contributed by atoms with Gasteiger partial charge in [0.1, 0.15) is 0 Å². The van der Waals surface area contributed by atoms with Crippen LogP contribution in [0.4, 0.5) is 11.9 Å². The molecule has 0 aliphatic rings. The van der Waals surface area contributed by atoms with Crippen molar-refractivity contribution < 1.29 is 4.74 Å². The average Bonchev–Trinajstić information content (AvgIpc) is 2.47. The van der Waals surface area contributed by atoms with Gasteiger partial charge in [-0.15, -0.1) is 0 Å². The fraction of sp³-hybridized carbons (Fsp3) is 0.769. The highest BCUT2D eigenvalue weighted by Gasteiger charge is 2.11. The Morgan fingerprint density at radius 2 is 1.90 bits per heavy atom. The van der Waals surface area contributed by atoms with Crippen LogP contribution in [0.25, 0.3) is 0 Å². The van der Waals surface area contributed by atoms with Crippen LogP contribution in [-0.4, -0.2) is 54.1 Å². The second-order valence-corrected chi connectivity index (χ2v) is 5.24. The van der Waals surface area contributed by atoms with E-state index >= 15 is 0 Å². The largest absolute Gasteiger partial charge is 0.384 e. The number of methoxy groups -OCH3 is 1. The summed E-state index contributed by atoms with van der Waals surface area (Å²) in [5.41, 5.74) is 0. The van der Waals surface area contributed by atoms with Gasteiger partial charge in [-0.3, -0.25) is 0 Å². The van der Waals surface area contributed by atoms with E-state index in [1.54, 1.807) is 18.9 Å². The Morgan fingerprint density at radius 1 is 1.15 bits per heavy atom. The average molecular weight is 299 g/mol. The molecular weight excluding hydrogens is 274 g/mol. The molecule has 114 valence electrons. The molecule has 0 radical (unpaired) electrons. The zero-order valence-corrected chi connectivity index (χ0v) is 13.7. The molecule has 0 fully saturated rings. The van der Waals surface area contributed by atoms with Crippen molar-refractivity contribution in [2.45, 2.75) is 32.3 Å². The summed E-state index contributed by atoms with van der Waals surface area (Å²) in [7, 11) is 1.70. The van der Waals surface area contributed by atoms with Crippen LogP contribution >= 0.6 is 11.8 Å². The molecule has 1 heterocycles. The van der Waals surface area contributed by atoms with Crippen LogP contribution in [0, 0.1) is 0 Å². The van der Waals surface area contributed by atoms with Gasteiger partial charge >= 0.3 is 0 Å². The van der Waals surface area contributed by atoms with E-state index in [4.69, 9.17) is 4.74 Å². The summed E-state index contributed by atoms with van der Waals surface area (Å²) in [5.74, 6) is 2.23. The van der Waals surface area contributed by atoms with Gasteiger partial charge in [0.2, 0.25) is 11.9 Å². The van der Waals surface area contributed by atoms with E-state index in [0.717, 1.165) is 42.9 Å². The molecule has 7 heteroatoms. The van der Waals surface area contributed by atoms with Gasteiger partial charge < -0.3 is 15.0 Å². The third-order valence-electron chi connectivity index (χ3n) is 2.70. The lowest BCUT2D eigenvalue weighted by molar-refractivity contribution is 0.218. The van der Waals surface area contributed by atoms with Crippen molar-refractivity contribution >= 4 is 23.7 Å². The summed E-state index contributed by atoms with van der Waals surface area (Å²) in [5, 5.41) is 3.98. The lowest BCUT2D eigenvalue weighted by Gasteiger charge is -2.19. The molecule has 0 bridgehead atoms. The summed E-state index contributed by atoms with van der Waals surface area (Å²) >= 11 is 1.59. The SMILES string of the molecule is CCCNc1nc(SCCOC)nc(N(CC)CC)n1. The van der Waals surface area contributed by atoms with Crippen molar-refractivity contribution in [1.29, 1.82) is 0 Å². The molecule has 1 aromatic rings. The number of aromatic nitrogens is 3. The Morgan fingerprint density at radius 3 is 2.50 bits per heavy atom. The first-order valence-electron chi connectivity index (χ1n) is 7.11. The second-order valence-electron chi connectivity index (χ2n) is 4.18. The first kappa shape index (κ1) is 17.0. The maximum atomic E-state index is 5.06. The Labute approximate surface area is 125 Å². The van der Waals surface area contributed by atoms with E-state index in [9.17, 15) is 0 Å². The van der Waals surface area contributed by atoms with Crippen molar-refractivity contribution in [3.05, 3.63) is 0 Å². The highest BCUT2D eigenvalue weighted by molar-refractivity contribution is 7.99. The monoisotopic (exact) mass is 299 g/mol. The Hall–Kier alpha value is -1.08. The van der Waals surface area contributed by atoms with Crippen LogP contribution < -0.4 is 10.2 Å². The van der Waals surface area contributed by atoms with Gasteiger partial charge in [-0.05, 0) is 20.3 Å². The number of anilines is 2. The fourth-order valence-corrected chi connectivity index (χ4v) is 2.32. The summed E-state index contributed by atoms with van der Waals surface area (Å²) in [6.07, 6.45) is 1.04. The quantitative estimate of drug-likeness (QED) is 0.525. The molecule has 0 aliphatic carbocycles. The Bertz CT molecular complexity index is 387. The molecule has 0 atom stereocenters. The fourth-order valence-electron chi connectivity index (χ4n) is 1.59.